The second-order valence-electron chi connectivity index (χ2n) is 9.46. The molecule has 0 aliphatic carbocycles. The molecule has 0 radical (unpaired) electrons. The zero-order chi connectivity index (χ0) is 32.6. The Morgan fingerprint density at radius 2 is 0.911 bits per heavy atom. The number of carbonyl (C=O) groups is 2. The third-order valence-corrected chi connectivity index (χ3v) is 6.53. The van der Waals surface area contributed by atoms with Gasteiger partial charge in [0, 0.05) is 37.1 Å². The summed E-state index contributed by atoms with van der Waals surface area (Å²) in [5, 5.41) is 66.1. The Hall–Kier alpha value is -4.23. The number of phenolic OH excluding ortho intramolecular Hbond substituents is 7. The van der Waals surface area contributed by atoms with E-state index in [2.05, 4.69) is 4.52 Å². The Morgan fingerprint density at radius 3 is 1.24 bits per heavy atom. The molecule has 4 rings (SSSR count). The van der Waals surface area contributed by atoms with Crippen LogP contribution in [0, 0.1) is 0 Å². The number of rotatable bonds is 10. The van der Waals surface area contributed by atoms with Gasteiger partial charge in [0.1, 0.15) is 57.1 Å². The van der Waals surface area contributed by atoms with Gasteiger partial charge in [-0.05, 0) is 48.2 Å². The average Bonchev–Trinajstić information content (AvgIpc) is 2.91. The van der Waals surface area contributed by atoms with Crippen molar-refractivity contribution in [2.45, 2.75) is 25.7 Å². The molecule has 0 aromatic heterocycles. The van der Waals surface area contributed by atoms with Gasteiger partial charge in [0.25, 0.3) is 0 Å². The van der Waals surface area contributed by atoms with Gasteiger partial charge >= 0.3 is 37.4 Å². The number of aromatic hydroxyl groups is 7. The molecule has 0 saturated heterocycles. The first-order chi connectivity index (χ1) is 20.6. The van der Waals surface area contributed by atoms with Crippen molar-refractivity contribution < 1.29 is 95.2 Å². The second kappa shape index (κ2) is 16.2. The summed E-state index contributed by atoms with van der Waals surface area (Å²) < 4.78 is 15.1. The fraction of sp³-hybridized carbons (Fsp3) is 0.133. The third kappa shape index (κ3) is 11.3. The molecule has 0 heterocycles. The van der Waals surface area contributed by atoms with E-state index in [1.807, 2.05) is 0 Å². The number of phosphoric acid groups is 1. The molecule has 0 aliphatic rings. The van der Waals surface area contributed by atoms with E-state index >= 15 is 0 Å². The first kappa shape index (κ1) is 37.0. The van der Waals surface area contributed by atoms with Gasteiger partial charge in [-0.15, -0.1) is 0 Å². The van der Waals surface area contributed by atoms with E-state index in [1.54, 1.807) is 12.1 Å². The van der Waals surface area contributed by atoms with E-state index in [0.29, 0.717) is 12.0 Å². The topological polar surface area (TPSA) is 243 Å². The minimum absolute atomic E-state index is 0. The number of phenols is 7. The summed E-state index contributed by atoms with van der Waals surface area (Å²) in [5.41, 5.74) is 1.09. The van der Waals surface area contributed by atoms with Gasteiger partial charge in [-0.1, -0.05) is 24.3 Å². The monoisotopic (exact) mass is 652 g/mol. The predicted octanol–water partition coefficient (Wildman–Crippen LogP) is 1.53. The molecule has 0 atom stereocenters. The maximum atomic E-state index is 12.1. The normalized spacial score (nSPS) is 10.6. The van der Waals surface area contributed by atoms with Crippen molar-refractivity contribution in [3.8, 4) is 46.0 Å². The Labute approximate surface area is 280 Å². The molecule has 234 valence electrons. The van der Waals surface area contributed by atoms with Crippen LogP contribution in [-0.2, 0) is 17.4 Å². The van der Waals surface area contributed by atoms with E-state index < -0.39 is 42.4 Å². The van der Waals surface area contributed by atoms with Crippen LogP contribution in [0.5, 0.6) is 46.0 Å². The fourth-order valence-electron chi connectivity index (χ4n) is 4.05. The molecule has 13 nitrogen and oxygen atoms in total. The van der Waals surface area contributed by atoms with Crippen LogP contribution in [0.3, 0.4) is 0 Å². The van der Waals surface area contributed by atoms with Gasteiger partial charge in [0.2, 0.25) is 0 Å². The number of carbonyl (C=O) groups excluding carboxylic acids is 2. The zero-order valence-corrected chi connectivity index (χ0v) is 26.8. The number of Topliss-reactive ketones (excluding diaryl/α,β-unsaturated/α-hetero) is 2. The minimum atomic E-state index is -4.62. The number of benzene rings is 4. The molecule has 0 spiro atoms. The quantitative estimate of drug-likeness (QED) is 0.0672. The van der Waals surface area contributed by atoms with Crippen molar-refractivity contribution in [2.75, 3.05) is 0 Å². The van der Waals surface area contributed by atoms with Crippen molar-refractivity contribution in [3.63, 3.8) is 0 Å². The molecular formula is C30H30NaO13P. The molecule has 0 saturated carbocycles. The fourth-order valence-corrected chi connectivity index (χ4v) is 4.45. The molecule has 45 heavy (non-hydrogen) atoms. The Morgan fingerprint density at radius 1 is 0.578 bits per heavy atom. The largest absolute Gasteiger partial charge is 1.00 e. The summed E-state index contributed by atoms with van der Waals surface area (Å²) in [4.78, 5) is 41.5. The number of ketones is 2. The summed E-state index contributed by atoms with van der Waals surface area (Å²) in [6, 6.07) is 16.2. The van der Waals surface area contributed by atoms with E-state index in [-0.39, 0.29) is 84.4 Å². The summed E-state index contributed by atoms with van der Waals surface area (Å²) in [6.07, 6.45) is 0.759. The van der Waals surface area contributed by atoms with Gasteiger partial charge in [-0.25, -0.2) is 4.57 Å². The molecule has 4 aromatic carbocycles. The Bertz CT molecular complexity index is 1640. The van der Waals surface area contributed by atoms with E-state index in [4.69, 9.17) is 14.9 Å². The van der Waals surface area contributed by atoms with Crippen molar-refractivity contribution in [1.29, 1.82) is 0 Å². The van der Waals surface area contributed by atoms with Gasteiger partial charge in [-0.3, -0.25) is 19.4 Å². The molecule has 0 amide bonds. The van der Waals surface area contributed by atoms with Crippen LogP contribution in [-0.4, -0.2) is 57.1 Å². The molecule has 4 aromatic rings. The summed E-state index contributed by atoms with van der Waals surface area (Å²) in [7, 11) is -4.62. The number of hydrogen-bond acceptors (Lipinski definition) is 11. The van der Waals surface area contributed by atoms with Crippen LogP contribution in [0.1, 0.15) is 46.1 Å². The number of aryl methyl sites for hydroxylation is 2. The molecule has 0 bridgehead atoms. The van der Waals surface area contributed by atoms with Crippen molar-refractivity contribution in [3.05, 3.63) is 95.1 Å². The number of phosphoric ester groups is 1. The summed E-state index contributed by atoms with van der Waals surface area (Å²) in [6.45, 7) is 0. The second-order valence-corrected chi connectivity index (χ2v) is 10.6. The van der Waals surface area contributed by atoms with Crippen molar-refractivity contribution >= 4 is 19.4 Å². The van der Waals surface area contributed by atoms with Crippen molar-refractivity contribution in [1.82, 2.24) is 0 Å². The van der Waals surface area contributed by atoms with Crippen LogP contribution < -0.4 is 34.1 Å². The maximum Gasteiger partial charge on any atom is 1.00 e. The van der Waals surface area contributed by atoms with Crippen LogP contribution in [0.2, 0.25) is 0 Å². The maximum absolute atomic E-state index is 12.1. The molecule has 15 heteroatoms. The van der Waals surface area contributed by atoms with E-state index in [1.165, 1.54) is 36.4 Å². The van der Waals surface area contributed by atoms with Gasteiger partial charge in [0.05, 0.1) is 0 Å². The number of hydrogen-bond donors (Lipinski definition) is 9. The van der Waals surface area contributed by atoms with E-state index in [0.717, 1.165) is 29.8 Å². The Kier molecular flexibility index (Phi) is 13.3. The predicted molar refractivity (Wildman–Crippen MR) is 157 cm³/mol. The first-order valence-corrected chi connectivity index (χ1v) is 14.3. The first-order valence-electron chi connectivity index (χ1n) is 12.8. The van der Waals surface area contributed by atoms with Crippen LogP contribution in [0.4, 0.5) is 0 Å². The standard InChI is InChI=1S/C15H15O8P.C15H14O5.Na.H/c16-10-7-13(18)15(14(19)8-10)12(17)6-3-9-1-4-11(5-2-9)23-24(20,21)22;16-10-4-1-9(2-5-10)3-6-12(18)15-13(19)7-11(17)8-14(15)20;;/h1-2,4-5,7-8,16,18-19H,3,6H2,(H2,20,21,22);1-2,4-5,7-8,16-17,19-20H,3,6H2;;/q;;+1;-1. The Balaban J connectivity index is 0.000000447. The van der Waals surface area contributed by atoms with Crippen LogP contribution >= 0.6 is 7.82 Å². The summed E-state index contributed by atoms with van der Waals surface area (Å²) in [5.74, 6) is -3.38. The molecule has 0 unspecified atom stereocenters. The van der Waals surface area contributed by atoms with Gasteiger partial charge < -0.3 is 41.7 Å². The minimum Gasteiger partial charge on any atom is -1.00 e. The molecular weight excluding hydrogens is 622 g/mol. The summed E-state index contributed by atoms with van der Waals surface area (Å²) >= 11 is 0. The SMILES string of the molecule is O=C(CCc1ccc(O)cc1)c1c(O)cc(O)cc1O.O=C(CCc1ccc(OP(=O)(O)O)cc1)c1c(O)cc(O)cc1O.[H-].[Na+]. The average molecular weight is 653 g/mol. The smallest absolute Gasteiger partial charge is 1.00 e. The molecule has 9 N–H and O–H groups in total. The molecule has 0 fully saturated rings. The van der Waals surface area contributed by atoms with Gasteiger partial charge in [0.15, 0.2) is 11.6 Å². The van der Waals surface area contributed by atoms with Gasteiger partial charge in [-0.2, -0.15) is 0 Å². The van der Waals surface area contributed by atoms with E-state index in [9.17, 15) is 44.8 Å². The van der Waals surface area contributed by atoms with Crippen LogP contribution in [0.25, 0.3) is 0 Å². The van der Waals surface area contributed by atoms with Crippen molar-refractivity contribution in [2.24, 2.45) is 0 Å². The zero-order valence-electron chi connectivity index (χ0n) is 24.9. The third-order valence-electron chi connectivity index (χ3n) is 6.09. The molecule has 0 aliphatic heterocycles. The van der Waals surface area contributed by atoms with Crippen LogP contribution in [0.15, 0.2) is 72.8 Å².